The molecule has 96 valence electrons. The van der Waals surface area contributed by atoms with E-state index < -0.39 is 0 Å². The summed E-state index contributed by atoms with van der Waals surface area (Å²) in [7, 11) is 3.48. The Morgan fingerprint density at radius 3 is 2.76 bits per heavy atom. The highest BCUT2D eigenvalue weighted by atomic mass is 19.1. The smallest absolute Gasteiger partial charge is 0.127 e. The molecule has 0 aliphatic carbocycles. The summed E-state index contributed by atoms with van der Waals surface area (Å²) in [4.78, 5) is 0. The van der Waals surface area contributed by atoms with Crippen LogP contribution in [0.1, 0.15) is 18.9 Å². The molecule has 0 saturated carbocycles. The Morgan fingerprint density at radius 2 is 2.12 bits per heavy atom. The van der Waals surface area contributed by atoms with Crippen LogP contribution in [0.25, 0.3) is 0 Å². The maximum Gasteiger partial charge on any atom is 0.127 e. The third-order valence-electron chi connectivity index (χ3n) is 2.38. The molecule has 1 atom stereocenters. The average molecular weight is 241 g/mol. The van der Waals surface area contributed by atoms with Crippen molar-refractivity contribution in [3.63, 3.8) is 0 Å². The molecule has 0 radical (unpaired) electrons. The van der Waals surface area contributed by atoms with Gasteiger partial charge in [0.1, 0.15) is 11.6 Å². The molecule has 3 nitrogen and oxygen atoms in total. The molecule has 17 heavy (non-hydrogen) atoms. The third kappa shape index (κ3) is 5.15. The topological polar surface area (TPSA) is 30.5 Å². The molecule has 0 amide bonds. The summed E-state index contributed by atoms with van der Waals surface area (Å²) >= 11 is 0. The second-order valence-corrected chi connectivity index (χ2v) is 4.04. The molecule has 0 aliphatic heterocycles. The highest BCUT2D eigenvalue weighted by Crippen LogP contribution is 2.18. The van der Waals surface area contributed by atoms with Gasteiger partial charge in [-0.15, -0.1) is 0 Å². The first kappa shape index (κ1) is 13.9. The van der Waals surface area contributed by atoms with Gasteiger partial charge in [-0.25, -0.2) is 4.39 Å². The van der Waals surface area contributed by atoms with Crippen LogP contribution in [0.5, 0.6) is 5.75 Å². The molecule has 0 spiro atoms. The lowest BCUT2D eigenvalue weighted by atomic mass is 10.2. The number of methoxy groups -OCH3 is 1. The Hall–Kier alpha value is -1.13. The largest absolute Gasteiger partial charge is 0.491 e. The van der Waals surface area contributed by atoms with E-state index in [0.717, 1.165) is 12.0 Å². The minimum atomic E-state index is -0.272. The van der Waals surface area contributed by atoms with Crippen molar-refractivity contribution in [1.82, 2.24) is 5.32 Å². The van der Waals surface area contributed by atoms with E-state index in [2.05, 4.69) is 5.32 Å². The standard InChI is InChI=1S/C13H20FNO2/c1-10(4-5-16-3)17-13-7-11(9-15-2)6-12(14)8-13/h6-8,10,15H,4-5,9H2,1-3H3. The van der Waals surface area contributed by atoms with E-state index in [-0.39, 0.29) is 11.9 Å². The first-order valence-electron chi connectivity index (χ1n) is 5.75. The van der Waals surface area contributed by atoms with E-state index in [9.17, 15) is 4.39 Å². The zero-order chi connectivity index (χ0) is 12.7. The Kier molecular flexibility index (Phi) is 5.94. The predicted octanol–water partition coefficient (Wildman–Crippen LogP) is 2.35. The molecule has 1 aromatic rings. The second-order valence-electron chi connectivity index (χ2n) is 4.04. The first-order valence-corrected chi connectivity index (χ1v) is 5.75. The van der Waals surface area contributed by atoms with E-state index in [1.807, 2.05) is 20.0 Å². The zero-order valence-electron chi connectivity index (χ0n) is 10.6. The molecule has 1 rings (SSSR count). The fourth-order valence-corrected chi connectivity index (χ4v) is 1.57. The fourth-order valence-electron chi connectivity index (χ4n) is 1.57. The van der Waals surface area contributed by atoms with Crippen LogP contribution in [0.3, 0.4) is 0 Å². The van der Waals surface area contributed by atoms with Gasteiger partial charge in [0.25, 0.3) is 0 Å². The average Bonchev–Trinajstić information content (AvgIpc) is 2.26. The van der Waals surface area contributed by atoms with Crippen molar-refractivity contribution < 1.29 is 13.9 Å². The molecule has 1 N–H and O–H groups in total. The summed E-state index contributed by atoms with van der Waals surface area (Å²) in [5.41, 5.74) is 0.876. The van der Waals surface area contributed by atoms with Gasteiger partial charge in [-0.2, -0.15) is 0 Å². The van der Waals surface area contributed by atoms with Crippen molar-refractivity contribution in [2.45, 2.75) is 26.0 Å². The lowest BCUT2D eigenvalue weighted by Gasteiger charge is -2.15. The number of ether oxygens (including phenoxy) is 2. The Bertz CT molecular complexity index is 344. The van der Waals surface area contributed by atoms with Crippen LogP contribution < -0.4 is 10.1 Å². The second kappa shape index (κ2) is 7.25. The van der Waals surface area contributed by atoms with E-state index in [1.54, 1.807) is 7.11 Å². The van der Waals surface area contributed by atoms with Crippen molar-refractivity contribution in [1.29, 1.82) is 0 Å². The summed E-state index contributed by atoms with van der Waals surface area (Å²) in [5, 5.41) is 2.98. The van der Waals surface area contributed by atoms with Crippen LogP contribution in [0.15, 0.2) is 18.2 Å². The zero-order valence-corrected chi connectivity index (χ0v) is 10.6. The molecule has 0 aromatic heterocycles. The number of benzene rings is 1. The quantitative estimate of drug-likeness (QED) is 0.795. The molecular formula is C13H20FNO2. The van der Waals surface area contributed by atoms with Gasteiger partial charge in [-0.3, -0.25) is 0 Å². The highest BCUT2D eigenvalue weighted by molar-refractivity contribution is 5.29. The molecule has 0 bridgehead atoms. The Labute approximate surface area is 102 Å². The van der Waals surface area contributed by atoms with Crippen molar-refractivity contribution in [3.8, 4) is 5.75 Å². The van der Waals surface area contributed by atoms with E-state index in [1.165, 1.54) is 12.1 Å². The number of nitrogens with one attached hydrogen (secondary N) is 1. The fraction of sp³-hybridized carbons (Fsp3) is 0.538. The minimum Gasteiger partial charge on any atom is -0.491 e. The maximum absolute atomic E-state index is 13.3. The summed E-state index contributed by atoms with van der Waals surface area (Å²) < 4.78 is 23.9. The van der Waals surface area contributed by atoms with Crippen molar-refractivity contribution in [2.75, 3.05) is 20.8 Å². The van der Waals surface area contributed by atoms with Crippen molar-refractivity contribution in [2.24, 2.45) is 0 Å². The predicted molar refractivity (Wildman–Crippen MR) is 65.7 cm³/mol. The minimum absolute atomic E-state index is 0.0131. The van der Waals surface area contributed by atoms with E-state index >= 15 is 0 Å². The summed E-state index contributed by atoms with van der Waals surface area (Å²) in [6.07, 6.45) is 0.799. The van der Waals surface area contributed by atoms with E-state index in [4.69, 9.17) is 9.47 Å². The van der Waals surface area contributed by atoms with Crippen LogP contribution in [-0.2, 0) is 11.3 Å². The summed E-state index contributed by atoms with van der Waals surface area (Å²) in [6.45, 7) is 3.21. The van der Waals surface area contributed by atoms with Gasteiger partial charge >= 0.3 is 0 Å². The monoisotopic (exact) mass is 241 g/mol. The Balaban J connectivity index is 2.63. The molecular weight excluding hydrogens is 221 g/mol. The number of hydrogen-bond acceptors (Lipinski definition) is 3. The van der Waals surface area contributed by atoms with Crippen molar-refractivity contribution in [3.05, 3.63) is 29.6 Å². The summed E-state index contributed by atoms with van der Waals surface area (Å²) in [5.74, 6) is 0.297. The highest BCUT2D eigenvalue weighted by Gasteiger charge is 2.06. The van der Waals surface area contributed by atoms with Gasteiger partial charge in [0.2, 0.25) is 0 Å². The van der Waals surface area contributed by atoms with Crippen LogP contribution >= 0.6 is 0 Å². The van der Waals surface area contributed by atoms with Crippen LogP contribution in [0, 0.1) is 5.82 Å². The molecule has 1 unspecified atom stereocenters. The maximum atomic E-state index is 13.3. The third-order valence-corrected chi connectivity index (χ3v) is 2.38. The van der Waals surface area contributed by atoms with Crippen LogP contribution in [-0.4, -0.2) is 26.9 Å². The van der Waals surface area contributed by atoms with Crippen LogP contribution in [0.2, 0.25) is 0 Å². The molecule has 0 fully saturated rings. The van der Waals surface area contributed by atoms with Gasteiger partial charge in [0, 0.05) is 32.7 Å². The molecule has 4 heteroatoms. The Morgan fingerprint density at radius 1 is 1.35 bits per heavy atom. The first-order chi connectivity index (χ1) is 8.15. The lowest BCUT2D eigenvalue weighted by molar-refractivity contribution is 0.135. The number of rotatable bonds is 7. The SMILES string of the molecule is CNCc1cc(F)cc(OC(C)CCOC)c1. The number of hydrogen-bond donors (Lipinski definition) is 1. The molecule has 1 aromatic carbocycles. The molecule has 0 heterocycles. The molecule has 0 aliphatic rings. The lowest BCUT2D eigenvalue weighted by Crippen LogP contribution is -2.14. The molecule has 0 saturated heterocycles. The summed E-state index contributed by atoms with van der Waals surface area (Å²) in [6, 6.07) is 4.76. The van der Waals surface area contributed by atoms with Crippen molar-refractivity contribution >= 4 is 0 Å². The van der Waals surface area contributed by atoms with Crippen LogP contribution in [0.4, 0.5) is 4.39 Å². The van der Waals surface area contributed by atoms with Gasteiger partial charge in [-0.1, -0.05) is 0 Å². The van der Waals surface area contributed by atoms with E-state index in [0.29, 0.717) is 18.9 Å². The van der Waals surface area contributed by atoms with Gasteiger partial charge in [0.05, 0.1) is 6.10 Å². The van der Waals surface area contributed by atoms with Gasteiger partial charge < -0.3 is 14.8 Å². The normalized spacial score (nSPS) is 12.5. The van der Waals surface area contributed by atoms with Gasteiger partial charge in [0.15, 0.2) is 0 Å². The van der Waals surface area contributed by atoms with Gasteiger partial charge in [-0.05, 0) is 31.7 Å². The number of halogens is 1.